The molecule has 17 heavy (non-hydrogen) atoms. The molecule has 1 fully saturated rings. The van der Waals surface area contributed by atoms with Crippen molar-refractivity contribution in [1.29, 1.82) is 0 Å². The number of benzene rings is 1. The molecule has 0 amide bonds. The first-order valence-electron chi connectivity index (χ1n) is 6.29. The SMILES string of the molecule is CCCc1ccccc1NC1CCC1C(=O)O. The first kappa shape index (κ1) is 12.0. The topological polar surface area (TPSA) is 49.3 Å². The van der Waals surface area contributed by atoms with E-state index in [0.29, 0.717) is 0 Å². The number of aryl methyl sites for hydroxylation is 1. The molecule has 3 nitrogen and oxygen atoms in total. The van der Waals surface area contributed by atoms with Crippen LogP contribution in [0.2, 0.25) is 0 Å². The molecular weight excluding hydrogens is 214 g/mol. The molecule has 1 aromatic rings. The van der Waals surface area contributed by atoms with Crippen molar-refractivity contribution in [2.75, 3.05) is 5.32 Å². The van der Waals surface area contributed by atoms with E-state index in [1.807, 2.05) is 18.2 Å². The van der Waals surface area contributed by atoms with Gasteiger partial charge >= 0.3 is 5.97 Å². The number of hydrogen-bond donors (Lipinski definition) is 2. The van der Waals surface area contributed by atoms with Crippen LogP contribution in [0, 0.1) is 5.92 Å². The average molecular weight is 233 g/mol. The van der Waals surface area contributed by atoms with Gasteiger partial charge in [0.15, 0.2) is 0 Å². The molecular formula is C14H19NO2. The zero-order chi connectivity index (χ0) is 12.3. The van der Waals surface area contributed by atoms with Crippen molar-refractivity contribution in [2.24, 2.45) is 5.92 Å². The minimum Gasteiger partial charge on any atom is -0.481 e. The fourth-order valence-electron chi connectivity index (χ4n) is 2.32. The summed E-state index contributed by atoms with van der Waals surface area (Å²) < 4.78 is 0. The summed E-state index contributed by atoms with van der Waals surface area (Å²) in [5.41, 5.74) is 2.39. The van der Waals surface area contributed by atoms with E-state index in [9.17, 15) is 4.79 Å². The lowest BCUT2D eigenvalue weighted by molar-refractivity contribution is -0.144. The molecule has 0 heterocycles. The smallest absolute Gasteiger partial charge is 0.308 e. The molecule has 0 radical (unpaired) electrons. The van der Waals surface area contributed by atoms with Gasteiger partial charge in [0.25, 0.3) is 0 Å². The summed E-state index contributed by atoms with van der Waals surface area (Å²) in [6.07, 6.45) is 3.89. The molecule has 1 saturated carbocycles. The fraction of sp³-hybridized carbons (Fsp3) is 0.500. The Kier molecular flexibility index (Phi) is 3.67. The first-order chi connectivity index (χ1) is 8.22. The van der Waals surface area contributed by atoms with Gasteiger partial charge in [0.1, 0.15) is 0 Å². The number of carbonyl (C=O) groups is 1. The van der Waals surface area contributed by atoms with E-state index < -0.39 is 5.97 Å². The Morgan fingerprint density at radius 3 is 2.76 bits per heavy atom. The van der Waals surface area contributed by atoms with Crippen LogP contribution in [-0.2, 0) is 11.2 Å². The number of hydrogen-bond acceptors (Lipinski definition) is 2. The van der Waals surface area contributed by atoms with Gasteiger partial charge in [-0.1, -0.05) is 31.5 Å². The van der Waals surface area contributed by atoms with Crippen LogP contribution in [-0.4, -0.2) is 17.1 Å². The zero-order valence-electron chi connectivity index (χ0n) is 10.1. The van der Waals surface area contributed by atoms with Crippen molar-refractivity contribution in [1.82, 2.24) is 0 Å². The lowest BCUT2D eigenvalue weighted by atomic mass is 9.79. The van der Waals surface area contributed by atoms with Gasteiger partial charge in [-0.15, -0.1) is 0 Å². The molecule has 1 aliphatic rings. The number of carboxylic acids is 1. The van der Waals surface area contributed by atoms with Crippen LogP contribution in [0.5, 0.6) is 0 Å². The quantitative estimate of drug-likeness (QED) is 0.822. The van der Waals surface area contributed by atoms with Gasteiger partial charge in [-0.2, -0.15) is 0 Å². The second-order valence-corrected chi connectivity index (χ2v) is 4.68. The Hall–Kier alpha value is -1.51. The van der Waals surface area contributed by atoms with Gasteiger partial charge in [0.2, 0.25) is 0 Å². The molecule has 2 unspecified atom stereocenters. The Morgan fingerprint density at radius 2 is 2.18 bits per heavy atom. The third-order valence-corrected chi connectivity index (χ3v) is 3.47. The fourth-order valence-corrected chi connectivity index (χ4v) is 2.32. The zero-order valence-corrected chi connectivity index (χ0v) is 10.1. The van der Waals surface area contributed by atoms with Crippen LogP contribution in [0.15, 0.2) is 24.3 Å². The number of aliphatic carboxylic acids is 1. The van der Waals surface area contributed by atoms with Crippen LogP contribution in [0.4, 0.5) is 5.69 Å². The van der Waals surface area contributed by atoms with E-state index in [-0.39, 0.29) is 12.0 Å². The normalized spacial score (nSPS) is 22.9. The van der Waals surface area contributed by atoms with Crippen LogP contribution < -0.4 is 5.32 Å². The van der Waals surface area contributed by atoms with Gasteiger partial charge in [0.05, 0.1) is 5.92 Å². The Bertz CT molecular complexity index is 403. The third-order valence-electron chi connectivity index (χ3n) is 3.47. The average Bonchev–Trinajstić information content (AvgIpc) is 2.26. The summed E-state index contributed by atoms with van der Waals surface area (Å²) >= 11 is 0. The number of rotatable bonds is 5. The standard InChI is InChI=1S/C14H19NO2/c1-2-5-10-6-3-4-7-12(10)15-13-9-8-11(13)14(16)17/h3-4,6-7,11,13,15H,2,5,8-9H2,1H3,(H,16,17). The summed E-state index contributed by atoms with van der Waals surface area (Å²) in [6.45, 7) is 2.15. The second kappa shape index (κ2) is 5.21. The van der Waals surface area contributed by atoms with Crippen molar-refractivity contribution in [3.63, 3.8) is 0 Å². The summed E-state index contributed by atoms with van der Waals surface area (Å²) in [6, 6.07) is 8.29. The molecule has 3 heteroatoms. The minimum atomic E-state index is -0.679. The first-order valence-corrected chi connectivity index (χ1v) is 6.29. The van der Waals surface area contributed by atoms with Gasteiger partial charge in [-0.3, -0.25) is 4.79 Å². The van der Waals surface area contributed by atoms with Crippen molar-refractivity contribution >= 4 is 11.7 Å². The molecule has 0 aliphatic heterocycles. The molecule has 92 valence electrons. The van der Waals surface area contributed by atoms with Crippen molar-refractivity contribution in [3.8, 4) is 0 Å². The summed E-state index contributed by atoms with van der Waals surface area (Å²) in [5, 5.41) is 12.4. The predicted molar refractivity (Wildman–Crippen MR) is 68.2 cm³/mol. The van der Waals surface area contributed by atoms with E-state index in [4.69, 9.17) is 5.11 Å². The van der Waals surface area contributed by atoms with E-state index >= 15 is 0 Å². The third kappa shape index (κ3) is 2.60. The van der Waals surface area contributed by atoms with Crippen LogP contribution in [0.1, 0.15) is 31.7 Å². The number of para-hydroxylation sites is 1. The van der Waals surface area contributed by atoms with Gasteiger partial charge < -0.3 is 10.4 Å². The molecule has 2 rings (SSSR count). The minimum absolute atomic E-state index is 0.102. The molecule has 1 aromatic carbocycles. The monoisotopic (exact) mass is 233 g/mol. The highest BCUT2D eigenvalue weighted by Crippen LogP contribution is 2.31. The predicted octanol–water partition coefficient (Wildman–Crippen LogP) is 2.91. The Morgan fingerprint density at radius 1 is 1.41 bits per heavy atom. The second-order valence-electron chi connectivity index (χ2n) is 4.68. The van der Waals surface area contributed by atoms with Gasteiger partial charge in [0, 0.05) is 11.7 Å². The summed E-state index contributed by atoms with van der Waals surface area (Å²) in [4.78, 5) is 11.0. The number of anilines is 1. The molecule has 1 aliphatic carbocycles. The molecule has 0 aromatic heterocycles. The van der Waals surface area contributed by atoms with Crippen molar-refractivity contribution in [3.05, 3.63) is 29.8 Å². The molecule has 2 N–H and O–H groups in total. The summed E-state index contributed by atoms with van der Waals surface area (Å²) in [5.74, 6) is -0.897. The van der Waals surface area contributed by atoms with Crippen LogP contribution in [0.3, 0.4) is 0 Å². The van der Waals surface area contributed by atoms with E-state index in [0.717, 1.165) is 31.4 Å². The number of nitrogens with one attached hydrogen (secondary N) is 1. The molecule has 0 spiro atoms. The molecule has 2 atom stereocenters. The van der Waals surface area contributed by atoms with E-state index in [2.05, 4.69) is 18.3 Å². The van der Waals surface area contributed by atoms with Crippen molar-refractivity contribution in [2.45, 2.75) is 38.6 Å². The van der Waals surface area contributed by atoms with Crippen LogP contribution >= 0.6 is 0 Å². The maximum absolute atomic E-state index is 11.0. The van der Waals surface area contributed by atoms with E-state index in [1.165, 1.54) is 5.56 Å². The molecule has 0 saturated heterocycles. The Labute approximate surface area is 102 Å². The lowest BCUT2D eigenvalue weighted by Gasteiger charge is -2.35. The highest BCUT2D eigenvalue weighted by molar-refractivity contribution is 5.73. The van der Waals surface area contributed by atoms with Gasteiger partial charge in [-0.05, 0) is 30.9 Å². The Balaban J connectivity index is 2.05. The summed E-state index contributed by atoms with van der Waals surface area (Å²) in [7, 11) is 0. The maximum atomic E-state index is 11.0. The molecule has 0 bridgehead atoms. The van der Waals surface area contributed by atoms with Gasteiger partial charge in [-0.25, -0.2) is 0 Å². The van der Waals surface area contributed by atoms with Crippen LogP contribution in [0.25, 0.3) is 0 Å². The lowest BCUT2D eigenvalue weighted by Crippen LogP contribution is -2.43. The highest BCUT2D eigenvalue weighted by Gasteiger charge is 2.36. The largest absolute Gasteiger partial charge is 0.481 e. The highest BCUT2D eigenvalue weighted by atomic mass is 16.4. The van der Waals surface area contributed by atoms with Crippen molar-refractivity contribution < 1.29 is 9.90 Å². The maximum Gasteiger partial charge on any atom is 0.308 e. The number of carboxylic acid groups (broad SMARTS) is 1. The van der Waals surface area contributed by atoms with E-state index in [1.54, 1.807) is 0 Å².